The Morgan fingerprint density at radius 3 is 2.79 bits per heavy atom. The summed E-state index contributed by atoms with van der Waals surface area (Å²) in [5, 5.41) is 15.8. The maximum atomic E-state index is 4.17. The predicted molar refractivity (Wildman–Crippen MR) is 73.6 cm³/mol. The van der Waals surface area contributed by atoms with Crippen molar-refractivity contribution in [2.24, 2.45) is 0 Å². The fourth-order valence-corrected chi connectivity index (χ4v) is 1.72. The van der Waals surface area contributed by atoms with Gasteiger partial charge in [-0.1, -0.05) is 5.21 Å². The van der Waals surface area contributed by atoms with Crippen molar-refractivity contribution in [3.63, 3.8) is 0 Å². The van der Waals surface area contributed by atoms with Crippen molar-refractivity contribution >= 4 is 0 Å². The number of aryl methyl sites for hydroxylation is 1. The molecule has 0 radical (unpaired) electrons. The maximum Gasteiger partial charge on any atom is 0.0965 e. The largest absolute Gasteiger partial charge is 0.311 e. The van der Waals surface area contributed by atoms with Crippen LogP contribution in [0, 0.1) is 0 Å². The van der Waals surface area contributed by atoms with E-state index < -0.39 is 0 Å². The third kappa shape index (κ3) is 4.17. The molecule has 0 unspecified atom stereocenters. The van der Waals surface area contributed by atoms with Gasteiger partial charge in [-0.15, -0.1) is 5.10 Å². The summed E-state index contributed by atoms with van der Waals surface area (Å²) in [7, 11) is 0. The summed E-state index contributed by atoms with van der Waals surface area (Å²) in [4.78, 5) is 0. The zero-order valence-corrected chi connectivity index (χ0v) is 11.9. The molecule has 0 spiro atoms. The van der Waals surface area contributed by atoms with Crippen LogP contribution >= 0.6 is 0 Å². The molecule has 6 nitrogen and oxygen atoms in total. The summed E-state index contributed by atoms with van der Waals surface area (Å²) in [6, 6.07) is 1.94. The molecule has 0 saturated heterocycles. The molecule has 0 aromatic carbocycles. The summed E-state index contributed by atoms with van der Waals surface area (Å²) in [6.07, 6.45) is 6.84. The molecule has 2 rings (SSSR count). The highest BCUT2D eigenvalue weighted by atomic mass is 15.4. The van der Waals surface area contributed by atoms with Gasteiger partial charge in [-0.2, -0.15) is 5.10 Å². The summed E-state index contributed by atoms with van der Waals surface area (Å²) in [6.45, 7) is 8.99. The average molecular weight is 262 g/mol. The van der Waals surface area contributed by atoms with Crippen LogP contribution in [-0.4, -0.2) is 31.3 Å². The van der Waals surface area contributed by atoms with Crippen LogP contribution < -0.4 is 5.32 Å². The minimum atomic E-state index is -0.00859. The molecule has 104 valence electrons. The summed E-state index contributed by atoms with van der Waals surface area (Å²) >= 11 is 0. The van der Waals surface area contributed by atoms with Gasteiger partial charge in [-0.3, -0.25) is 4.68 Å². The minimum Gasteiger partial charge on any atom is -0.311 e. The number of aromatic nitrogens is 5. The second-order valence-electron chi connectivity index (χ2n) is 5.62. The van der Waals surface area contributed by atoms with E-state index in [9.17, 15) is 0 Å². The molecular formula is C13H22N6. The van der Waals surface area contributed by atoms with Crippen LogP contribution in [-0.2, 0) is 18.6 Å². The summed E-state index contributed by atoms with van der Waals surface area (Å²) in [5.41, 5.74) is 0.972. The molecule has 0 amide bonds. The summed E-state index contributed by atoms with van der Waals surface area (Å²) in [5.74, 6) is 0. The molecule has 6 heteroatoms. The lowest BCUT2D eigenvalue weighted by Crippen LogP contribution is -2.22. The van der Waals surface area contributed by atoms with Crippen LogP contribution in [0.1, 0.15) is 32.9 Å². The zero-order valence-electron chi connectivity index (χ0n) is 11.9. The molecule has 0 aliphatic rings. The lowest BCUT2D eigenvalue weighted by molar-refractivity contribution is 0.347. The van der Waals surface area contributed by atoms with Crippen LogP contribution in [0.3, 0.4) is 0 Å². The number of rotatable bonds is 6. The van der Waals surface area contributed by atoms with Gasteiger partial charge in [-0.25, -0.2) is 4.68 Å². The normalized spacial score (nSPS) is 11.9. The van der Waals surface area contributed by atoms with Gasteiger partial charge in [-0.05, 0) is 39.8 Å². The highest BCUT2D eigenvalue weighted by Gasteiger charge is 2.14. The van der Waals surface area contributed by atoms with Gasteiger partial charge >= 0.3 is 0 Å². The van der Waals surface area contributed by atoms with Crippen LogP contribution in [0.5, 0.6) is 0 Å². The van der Waals surface area contributed by atoms with Gasteiger partial charge < -0.3 is 5.32 Å². The van der Waals surface area contributed by atoms with Crippen molar-refractivity contribution in [2.45, 2.75) is 45.8 Å². The van der Waals surface area contributed by atoms with Crippen molar-refractivity contribution in [2.75, 3.05) is 6.54 Å². The molecule has 0 bridgehead atoms. The Balaban J connectivity index is 1.67. The number of nitrogens with one attached hydrogen (secondary N) is 1. The van der Waals surface area contributed by atoms with Crippen molar-refractivity contribution in [3.05, 3.63) is 30.4 Å². The highest BCUT2D eigenvalue weighted by Crippen LogP contribution is 2.11. The molecule has 0 aliphatic carbocycles. The van der Waals surface area contributed by atoms with Gasteiger partial charge in [0.25, 0.3) is 0 Å². The molecular weight excluding hydrogens is 240 g/mol. The smallest absolute Gasteiger partial charge is 0.0965 e. The Labute approximate surface area is 113 Å². The summed E-state index contributed by atoms with van der Waals surface area (Å²) < 4.78 is 3.84. The predicted octanol–water partition coefficient (Wildman–Crippen LogP) is 1.41. The van der Waals surface area contributed by atoms with Crippen LogP contribution in [0.15, 0.2) is 24.7 Å². The second-order valence-corrected chi connectivity index (χ2v) is 5.62. The fraction of sp³-hybridized carbons (Fsp3) is 0.615. The number of hydrogen-bond donors (Lipinski definition) is 1. The third-order valence-corrected chi connectivity index (χ3v) is 2.83. The fourth-order valence-electron chi connectivity index (χ4n) is 1.72. The first-order valence-corrected chi connectivity index (χ1v) is 6.65. The third-order valence-electron chi connectivity index (χ3n) is 2.83. The topological polar surface area (TPSA) is 60.6 Å². The van der Waals surface area contributed by atoms with Crippen LogP contribution in [0.25, 0.3) is 0 Å². The van der Waals surface area contributed by atoms with E-state index in [1.54, 1.807) is 6.20 Å². The Kier molecular flexibility index (Phi) is 4.31. The number of nitrogens with zero attached hydrogens (tertiary/aromatic N) is 5. The Morgan fingerprint density at radius 1 is 1.32 bits per heavy atom. The second kappa shape index (κ2) is 5.97. The molecule has 2 aromatic heterocycles. The van der Waals surface area contributed by atoms with Crippen molar-refractivity contribution in [1.29, 1.82) is 0 Å². The molecule has 0 aliphatic heterocycles. The lowest BCUT2D eigenvalue weighted by Gasteiger charge is -2.17. The molecule has 0 atom stereocenters. The van der Waals surface area contributed by atoms with Crippen LogP contribution in [0.2, 0.25) is 0 Å². The average Bonchev–Trinajstić information content (AvgIpc) is 2.97. The van der Waals surface area contributed by atoms with E-state index in [1.807, 2.05) is 27.8 Å². The van der Waals surface area contributed by atoms with Gasteiger partial charge in [0.1, 0.15) is 0 Å². The SMILES string of the molecule is CC(C)(C)n1cc(CNCCCn2cccn2)nn1. The molecule has 1 N–H and O–H groups in total. The Morgan fingerprint density at radius 2 is 2.16 bits per heavy atom. The first-order chi connectivity index (χ1) is 9.05. The quantitative estimate of drug-likeness (QED) is 0.800. The van der Waals surface area contributed by atoms with E-state index in [0.717, 1.165) is 31.7 Å². The van der Waals surface area contributed by atoms with Gasteiger partial charge in [0.15, 0.2) is 0 Å². The Bertz CT molecular complexity index is 479. The van der Waals surface area contributed by atoms with E-state index in [-0.39, 0.29) is 5.54 Å². The first-order valence-electron chi connectivity index (χ1n) is 6.65. The van der Waals surface area contributed by atoms with Gasteiger partial charge in [0, 0.05) is 25.5 Å². The molecule has 2 aromatic rings. The van der Waals surface area contributed by atoms with Crippen molar-refractivity contribution in [3.8, 4) is 0 Å². The number of hydrogen-bond acceptors (Lipinski definition) is 4. The minimum absolute atomic E-state index is 0.00859. The molecule has 2 heterocycles. The van der Waals surface area contributed by atoms with Crippen molar-refractivity contribution in [1.82, 2.24) is 30.1 Å². The van der Waals surface area contributed by atoms with Gasteiger partial charge in [0.2, 0.25) is 0 Å². The van der Waals surface area contributed by atoms with Crippen molar-refractivity contribution < 1.29 is 0 Å². The Hall–Kier alpha value is -1.69. The maximum absolute atomic E-state index is 4.17. The van der Waals surface area contributed by atoms with E-state index in [1.165, 1.54) is 0 Å². The zero-order chi connectivity index (χ0) is 13.7. The molecule has 0 fully saturated rings. The van der Waals surface area contributed by atoms with E-state index in [0.29, 0.717) is 0 Å². The highest BCUT2D eigenvalue weighted by molar-refractivity contribution is 4.93. The van der Waals surface area contributed by atoms with Crippen LogP contribution in [0.4, 0.5) is 0 Å². The first kappa shape index (κ1) is 13.7. The molecule has 19 heavy (non-hydrogen) atoms. The van der Waals surface area contributed by atoms with E-state index in [2.05, 4.69) is 41.5 Å². The molecule has 0 saturated carbocycles. The monoisotopic (exact) mass is 262 g/mol. The van der Waals surface area contributed by atoms with Gasteiger partial charge in [0.05, 0.1) is 17.4 Å². The lowest BCUT2D eigenvalue weighted by atomic mass is 10.1. The standard InChI is InChI=1S/C13H22N6/c1-13(2,3)19-11-12(16-17-19)10-14-6-4-8-18-9-5-7-15-18/h5,7,9,11,14H,4,6,8,10H2,1-3H3. The van der Waals surface area contributed by atoms with E-state index >= 15 is 0 Å². The van der Waals surface area contributed by atoms with E-state index in [4.69, 9.17) is 0 Å².